The number of piperazine rings is 1. The predicted octanol–water partition coefficient (Wildman–Crippen LogP) is 3.98. The van der Waals surface area contributed by atoms with Gasteiger partial charge in [-0.2, -0.15) is 8.42 Å². The standard InChI is InChI=1S/C26H31Cl2N5O6S/c1-3-37-25(34)4-5-32-6-8-33(9-7-32)26-29-15-22(16-30-26)39-24-11-18(17-38-40(2,35)36)10-23(31-24)19-12-20(27)14-21(28)13-19/h10-16,25,34H,3-9,17H2,1-2H3. The highest BCUT2D eigenvalue weighted by molar-refractivity contribution is 7.85. The van der Waals surface area contributed by atoms with Crippen molar-refractivity contribution in [3.8, 4) is 22.9 Å². The Morgan fingerprint density at radius 2 is 1.70 bits per heavy atom. The van der Waals surface area contributed by atoms with Crippen LogP contribution in [0, 0.1) is 0 Å². The molecule has 40 heavy (non-hydrogen) atoms. The molecule has 1 aromatic carbocycles. The number of rotatable bonds is 12. The Hall–Kier alpha value is -2.58. The number of aromatic nitrogens is 3. The third kappa shape index (κ3) is 9.23. The molecule has 1 saturated heterocycles. The number of pyridine rings is 1. The quantitative estimate of drug-likeness (QED) is 0.236. The van der Waals surface area contributed by atoms with Crippen LogP contribution in [-0.2, 0) is 25.6 Å². The molecule has 4 rings (SSSR count). The number of aliphatic hydroxyl groups excluding tert-OH is 1. The van der Waals surface area contributed by atoms with Gasteiger partial charge in [0.1, 0.15) is 0 Å². The molecule has 0 amide bonds. The number of aliphatic hydroxyl groups is 1. The fourth-order valence-corrected chi connectivity index (χ4v) is 4.98. The van der Waals surface area contributed by atoms with Crippen LogP contribution in [-0.4, -0.2) is 85.3 Å². The summed E-state index contributed by atoms with van der Waals surface area (Å²) in [6.45, 7) is 6.05. The second-order valence-electron chi connectivity index (χ2n) is 9.17. The number of anilines is 1. The van der Waals surface area contributed by atoms with Crippen molar-refractivity contribution in [3.63, 3.8) is 0 Å². The summed E-state index contributed by atoms with van der Waals surface area (Å²) in [6.07, 6.45) is 3.93. The van der Waals surface area contributed by atoms with E-state index >= 15 is 0 Å². The van der Waals surface area contributed by atoms with Crippen molar-refractivity contribution < 1.29 is 27.2 Å². The fraction of sp³-hybridized carbons (Fsp3) is 0.423. The molecule has 0 spiro atoms. The first-order valence-electron chi connectivity index (χ1n) is 12.7. The molecule has 0 aliphatic carbocycles. The smallest absolute Gasteiger partial charge is 0.264 e. The number of benzene rings is 1. The van der Waals surface area contributed by atoms with Crippen LogP contribution in [0.5, 0.6) is 11.6 Å². The van der Waals surface area contributed by atoms with Gasteiger partial charge in [0.05, 0.1) is 31.0 Å². The van der Waals surface area contributed by atoms with Gasteiger partial charge in [0.25, 0.3) is 10.1 Å². The summed E-state index contributed by atoms with van der Waals surface area (Å²) in [5, 5.41) is 10.6. The molecule has 3 heterocycles. The van der Waals surface area contributed by atoms with E-state index in [1.807, 2.05) is 6.92 Å². The average Bonchev–Trinajstić information content (AvgIpc) is 2.91. The molecule has 14 heteroatoms. The molecular formula is C26H31Cl2N5O6S. The minimum atomic E-state index is -3.66. The van der Waals surface area contributed by atoms with Crippen LogP contribution >= 0.6 is 23.2 Å². The predicted molar refractivity (Wildman–Crippen MR) is 152 cm³/mol. The topological polar surface area (TPSA) is 127 Å². The summed E-state index contributed by atoms with van der Waals surface area (Å²) in [5.74, 6) is 1.13. The van der Waals surface area contributed by atoms with Gasteiger partial charge in [0, 0.05) is 67.4 Å². The van der Waals surface area contributed by atoms with Crippen LogP contribution in [0.25, 0.3) is 11.3 Å². The molecule has 3 aromatic rings. The Labute approximate surface area is 243 Å². The average molecular weight is 613 g/mol. The van der Waals surface area contributed by atoms with Gasteiger partial charge in [-0.3, -0.25) is 9.08 Å². The molecular weight excluding hydrogens is 581 g/mol. The summed E-state index contributed by atoms with van der Waals surface area (Å²) in [7, 11) is -3.66. The number of nitrogens with zero attached hydrogens (tertiary/aromatic N) is 5. The fourth-order valence-electron chi connectivity index (χ4n) is 4.11. The Balaban J connectivity index is 1.44. The summed E-state index contributed by atoms with van der Waals surface area (Å²) >= 11 is 12.3. The van der Waals surface area contributed by atoms with Crippen molar-refractivity contribution in [3.05, 3.63) is 58.3 Å². The number of hydrogen-bond donors (Lipinski definition) is 1. The highest BCUT2D eigenvalue weighted by Gasteiger charge is 2.20. The van der Waals surface area contributed by atoms with Crippen molar-refractivity contribution in [2.75, 3.05) is 50.5 Å². The lowest BCUT2D eigenvalue weighted by molar-refractivity contribution is -0.102. The maximum Gasteiger partial charge on any atom is 0.264 e. The van der Waals surface area contributed by atoms with E-state index in [1.165, 1.54) is 0 Å². The van der Waals surface area contributed by atoms with Gasteiger partial charge in [-0.25, -0.2) is 15.0 Å². The lowest BCUT2D eigenvalue weighted by Crippen LogP contribution is -2.47. The van der Waals surface area contributed by atoms with Crippen LogP contribution in [0.1, 0.15) is 18.9 Å². The third-order valence-corrected chi connectivity index (χ3v) is 6.99. The molecule has 0 radical (unpaired) electrons. The molecule has 216 valence electrons. The van der Waals surface area contributed by atoms with E-state index in [9.17, 15) is 13.5 Å². The number of halogens is 2. The second kappa shape index (κ2) is 13.9. The molecule has 1 N–H and O–H groups in total. The van der Waals surface area contributed by atoms with Crippen molar-refractivity contribution >= 4 is 39.3 Å². The van der Waals surface area contributed by atoms with Crippen molar-refractivity contribution in [2.24, 2.45) is 0 Å². The molecule has 0 bridgehead atoms. The van der Waals surface area contributed by atoms with E-state index < -0.39 is 16.4 Å². The normalized spacial score (nSPS) is 15.3. The van der Waals surface area contributed by atoms with Crippen LogP contribution < -0.4 is 9.64 Å². The van der Waals surface area contributed by atoms with Gasteiger partial charge < -0.3 is 19.5 Å². The van der Waals surface area contributed by atoms with E-state index in [4.69, 9.17) is 36.9 Å². The molecule has 1 aliphatic rings. The number of ether oxygens (including phenoxy) is 2. The molecule has 1 aliphatic heterocycles. The lowest BCUT2D eigenvalue weighted by Gasteiger charge is -2.34. The van der Waals surface area contributed by atoms with Gasteiger partial charge in [0.2, 0.25) is 11.8 Å². The Morgan fingerprint density at radius 1 is 1.02 bits per heavy atom. The van der Waals surface area contributed by atoms with Crippen molar-refractivity contribution in [1.29, 1.82) is 0 Å². The van der Waals surface area contributed by atoms with E-state index in [-0.39, 0.29) is 12.5 Å². The van der Waals surface area contributed by atoms with Crippen molar-refractivity contribution in [1.82, 2.24) is 19.9 Å². The summed E-state index contributed by atoms with van der Waals surface area (Å²) in [4.78, 5) is 17.8. The van der Waals surface area contributed by atoms with Gasteiger partial charge in [0.15, 0.2) is 12.0 Å². The van der Waals surface area contributed by atoms with Crippen molar-refractivity contribution in [2.45, 2.75) is 26.2 Å². The molecule has 2 aromatic heterocycles. The van der Waals surface area contributed by atoms with Crippen LogP contribution in [0.3, 0.4) is 0 Å². The lowest BCUT2D eigenvalue weighted by atomic mass is 10.1. The minimum absolute atomic E-state index is 0.194. The zero-order valence-electron chi connectivity index (χ0n) is 22.2. The van der Waals surface area contributed by atoms with Crippen LogP contribution in [0.15, 0.2) is 42.7 Å². The zero-order valence-corrected chi connectivity index (χ0v) is 24.5. The molecule has 11 nitrogen and oxygen atoms in total. The van der Waals surface area contributed by atoms with E-state index in [1.54, 1.807) is 42.7 Å². The van der Waals surface area contributed by atoms with Gasteiger partial charge in [-0.1, -0.05) is 23.2 Å². The second-order valence-corrected chi connectivity index (χ2v) is 11.7. The summed E-state index contributed by atoms with van der Waals surface area (Å²) in [5.41, 5.74) is 1.62. The van der Waals surface area contributed by atoms with Gasteiger partial charge in [-0.05, 0) is 36.8 Å². The first kappa shape index (κ1) is 30.4. The SMILES string of the molecule is CCOC(O)CCN1CCN(c2ncc(Oc3cc(COS(C)(=O)=O)cc(-c4cc(Cl)cc(Cl)c4)n3)cn2)CC1. The first-order valence-corrected chi connectivity index (χ1v) is 15.2. The molecule has 1 fully saturated rings. The Kier molecular flexibility index (Phi) is 10.5. The van der Waals surface area contributed by atoms with E-state index in [2.05, 4.69) is 24.8 Å². The molecule has 1 atom stereocenters. The maximum absolute atomic E-state index is 11.5. The Morgan fingerprint density at radius 3 is 2.33 bits per heavy atom. The maximum atomic E-state index is 11.5. The van der Waals surface area contributed by atoms with Crippen LogP contribution in [0.2, 0.25) is 10.0 Å². The number of hydrogen-bond acceptors (Lipinski definition) is 11. The van der Waals surface area contributed by atoms with E-state index in [0.29, 0.717) is 51.6 Å². The Bertz CT molecular complexity index is 1370. The highest BCUT2D eigenvalue weighted by atomic mass is 35.5. The van der Waals surface area contributed by atoms with Gasteiger partial charge >= 0.3 is 0 Å². The van der Waals surface area contributed by atoms with E-state index in [0.717, 1.165) is 39.0 Å². The summed E-state index contributed by atoms with van der Waals surface area (Å²) < 4.78 is 39.2. The first-order chi connectivity index (χ1) is 19.1. The third-order valence-electron chi connectivity index (χ3n) is 6.00. The largest absolute Gasteiger partial charge is 0.436 e. The highest BCUT2D eigenvalue weighted by Crippen LogP contribution is 2.30. The van der Waals surface area contributed by atoms with Crippen LogP contribution in [0.4, 0.5) is 5.95 Å². The van der Waals surface area contributed by atoms with Gasteiger partial charge in [-0.15, -0.1) is 0 Å². The molecule has 0 saturated carbocycles. The summed E-state index contributed by atoms with van der Waals surface area (Å²) in [6, 6.07) is 8.25. The zero-order chi connectivity index (χ0) is 28.7. The minimum Gasteiger partial charge on any atom is -0.436 e. The monoisotopic (exact) mass is 611 g/mol. The molecule has 1 unspecified atom stereocenters.